The number of carbonyl (C=O) groups excluding carboxylic acids is 5. The summed E-state index contributed by atoms with van der Waals surface area (Å²) in [5.74, 6) is -2.58. The summed E-state index contributed by atoms with van der Waals surface area (Å²) in [4.78, 5) is 75.2. The average molecular weight is 800 g/mol. The van der Waals surface area contributed by atoms with Gasteiger partial charge in [-0.2, -0.15) is 0 Å². The van der Waals surface area contributed by atoms with Crippen LogP contribution < -0.4 is 26.6 Å². The van der Waals surface area contributed by atoms with Crippen molar-refractivity contribution in [1.29, 1.82) is 0 Å². The Balaban J connectivity index is 2.84. The molecule has 18 nitrogen and oxygen atoms in total. The normalized spacial score (nSPS) is 17.9. The highest BCUT2D eigenvalue weighted by Crippen LogP contribution is 2.42. The van der Waals surface area contributed by atoms with Crippen molar-refractivity contribution in [2.45, 2.75) is 69.6 Å². The van der Waals surface area contributed by atoms with Crippen LogP contribution in [0.2, 0.25) is 0 Å². The van der Waals surface area contributed by atoms with Gasteiger partial charge in [0.1, 0.15) is 12.1 Å². The smallest absolute Gasteiger partial charge is 0.242 e. The van der Waals surface area contributed by atoms with Gasteiger partial charge in [0, 0.05) is 66.4 Å². The van der Waals surface area contributed by atoms with E-state index in [0.717, 1.165) is 0 Å². The van der Waals surface area contributed by atoms with Crippen molar-refractivity contribution < 1.29 is 61.8 Å². The van der Waals surface area contributed by atoms with Crippen molar-refractivity contribution in [2.75, 3.05) is 107 Å². The molecule has 0 spiro atoms. The van der Waals surface area contributed by atoms with E-state index in [4.69, 9.17) is 44.8 Å². The summed E-state index contributed by atoms with van der Waals surface area (Å²) in [6.45, 7) is 2.32. The van der Waals surface area contributed by atoms with Gasteiger partial charge >= 0.3 is 0 Å². The van der Waals surface area contributed by atoms with Gasteiger partial charge < -0.3 is 64.4 Å². The Morgan fingerprint density at radius 2 is 1.08 bits per heavy atom. The second-order valence-electron chi connectivity index (χ2n) is 12.4. The van der Waals surface area contributed by atoms with Gasteiger partial charge in [0.25, 0.3) is 0 Å². The van der Waals surface area contributed by atoms with E-state index in [9.17, 15) is 28.9 Å². The summed E-state index contributed by atoms with van der Waals surface area (Å²) in [7, 11) is 4.66. The molecule has 0 aromatic heterocycles. The molecular formula is C33H62N5O13PS. The number of nitrogens with one attached hydrogen (secondary N) is 5. The third kappa shape index (κ3) is 25.4. The van der Waals surface area contributed by atoms with Crippen molar-refractivity contribution in [3.8, 4) is 0 Å². The van der Waals surface area contributed by atoms with E-state index in [-0.39, 0.29) is 82.4 Å². The molecule has 308 valence electrons. The fraction of sp³-hybridized carbons (Fsp3) is 0.848. The number of amides is 5. The van der Waals surface area contributed by atoms with Crippen molar-refractivity contribution >= 4 is 47.8 Å². The maximum atomic E-state index is 13.3. The summed E-state index contributed by atoms with van der Waals surface area (Å²) in [6.07, 6.45) is 1.51. The van der Waals surface area contributed by atoms with Crippen LogP contribution in [0.4, 0.5) is 0 Å². The molecule has 3 unspecified atom stereocenters. The third-order valence-corrected chi connectivity index (χ3v) is 8.90. The van der Waals surface area contributed by atoms with Crippen LogP contribution in [0.5, 0.6) is 0 Å². The minimum Gasteiger partial charge on any atom is -0.382 e. The van der Waals surface area contributed by atoms with Gasteiger partial charge in [-0.05, 0) is 50.3 Å². The molecule has 0 aromatic rings. The lowest BCUT2D eigenvalue weighted by atomic mass is 9.86. The van der Waals surface area contributed by atoms with Crippen molar-refractivity contribution in [1.82, 2.24) is 26.6 Å². The Kier molecular flexibility index (Phi) is 27.5. The van der Waals surface area contributed by atoms with Crippen LogP contribution in [-0.4, -0.2) is 160 Å². The van der Waals surface area contributed by atoms with Crippen molar-refractivity contribution in [2.24, 2.45) is 5.92 Å². The molecular weight excluding hydrogens is 737 g/mol. The van der Waals surface area contributed by atoms with E-state index in [1.54, 1.807) is 21.3 Å². The lowest BCUT2D eigenvalue weighted by Crippen LogP contribution is -2.51. The van der Waals surface area contributed by atoms with Crippen LogP contribution in [0, 0.1) is 5.92 Å². The third-order valence-electron chi connectivity index (χ3n) is 7.95. The zero-order chi connectivity index (χ0) is 39.3. The van der Waals surface area contributed by atoms with Gasteiger partial charge in [0.2, 0.25) is 29.5 Å². The molecule has 6 N–H and O–H groups in total. The number of rotatable bonds is 31. The number of methoxy groups -OCH3 is 3. The molecule has 0 radical (unpaired) electrons. The first-order valence-corrected chi connectivity index (χ1v) is 21.1. The van der Waals surface area contributed by atoms with Crippen LogP contribution >= 0.6 is 6.49 Å². The molecule has 0 saturated heterocycles. The Bertz CT molecular complexity index is 1110. The van der Waals surface area contributed by atoms with Crippen LogP contribution in [0.15, 0.2) is 0 Å². The monoisotopic (exact) mass is 799 g/mol. The fourth-order valence-electron chi connectivity index (χ4n) is 5.17. The molecule has 5 amide bonds. The van der Waals surface area contributed by atoms with Gasteiger partial charge in [0.05, 0.1) is 65.6 Å². The van der Waals surface area contributed by atoms with Crippen LogP contribution in [0.1, 0.15) is 51.4 Å². The molecule has 0 heterocycles. The molecule has 0 bridgehead atoms. The number of hydrogen-bond donors (Lipinski definition) is 6. The zero-order valence-corrected chi connectivity index (χ0v) is 33.4. The van der Waals surface area contributed by atoms with Gasteiger partial charge in [-0.1, -0.05) is 0 Å². The molecule has 1 saturated carbocycles. The second kappa shape index (κ2) is 30.0. The Morgan fingerprint density at radius 3 is 1.53 bits per heavy atom. The summed E-state index contributed by atoms with van der Waals surface area (Å²) in [5.41, 5.74) is 0. The molecule has 3 atom stereocenters. The Labute approximate surface area is 318 Å². The Morgan fingerprint density at radius 1 is 0.642 bits per heavy atom. The van der Waals surface area contributed by atoms with Gasteiger partial charge in [0.15, 0.2) is 6.49 Å². The molecule has 1 aliphatic carbocycles. The highest BCUT2D eigenvalue weighted by Gasteiger charge is 2.31. The number of carbonyl (C=O) groups is 5. The van der Waals surface area contributed by atoms with Gasteiger partial charge in [-0.25, -0.2) is 0 Å². The minimum atomic E-state index is -2.84. The van der Waals surface area contributed by atoms with E-state index < -0.39 is 36.3 Å². The molecule has 0 aliphatic heterocycles. The van der Waals surface area contributed by atoms with Gasteiger partial charge in [-0.3, -0.25) is 24.0 Å². The fourth-order valence-corrected chi connectivity index (χ4v) is 6.30. The number of hydrogen-bond acceptors (Lipinski definition) is 13. The highest BCUT2D eigenvalue weighted by atomic mass is 32.5. The van der Waals surface area contributed by atoms with E-state index in [2.05, 4.69) is 26.6 Å². The van der Waals surface area contributed by atoms with E-state index in [1.165, 1.54) is 6.66 Å². The maximum absolute atomic E-state index is 13.3. The largest absolute Gasteiger partial charge is 0.382 e. The predicted octanol–water partition coefficient (Wildman–Crippen LogP) is -0.639. The maximum Gasteiger partial charge on any atom is 0.242 e. The minimum absolute atomic E-state index is 0.0114. The number of ether oxygens (including phenoxy) is 6. The van der Waals surface area contributed by atoms with Crippen molar-refractivity contribution in [3.05, 3.63) is 0 Å². The second-order valence-corrected chi connectivity index (χ2v) is 16.2. The van der Waals surface area contributed by atoms with Crippen LogP contribution in [-0.2, 0) is 68.7 Å². The molecule has 1 rings (SSSR count). The molecule has 1 fully saturated rings. The average Bonchev–Trinajstić information content (AvgIpc) is 3.12. The quantitative estimate of drug-likeness (QED) is 0.0379. The van der Waals surface area contributed by atoms with E-state index in [0.29, 0.717) is 71.9 Å². The molecule has 53 heavy (non-hydrogen) atoms. The summed E-state index contributed by atoms with van der Waals surface area (Å²) < 4.78 is 36.5. The molecule has 20 heteroatoms. The highest BCUT2D eigenvalue weighted by molar-refractivity contribution is 8.09. The summed E-state index contributed by atoms with van der Waals surface area (Å²) in [5, 5.41) is 13.7. The topological polar surface area (TPSA) is 230 Å². The van der Waals surface area contributed by atoms with E-state index >= 15 is 0 Å². The van der Waals surface area contributed by atoms with Crippen LogP contribution in [0.25, 0.3) is 0 Å². The molecule has 0 aromatic carbocycles. The Hall–Kier alpha value is -2.32. The van der Waals surface area contributed by atoms with Crippen molar-refractivity contribution in [3.63, 3.8) is 0 Å². The lowest BCUT2D eigenvalue weighted by molar-refractivity contribution is -0.133. The first kappa shape index (κ1) is 48.7. The van der Waals surface area contributed by atoms with Crippen LogP contribution in [0.3, 0.4) is 0 Å². The lowest BCUT2D eigenvalue weighted by Gasteiger charge is -2.30. The SMILES string of the molecule is COCCOCCNC(=O)CCC(NC(=O)CCC(NC(=O)C1CCC(OP(C)(O)=S)CC1)C(=O)NCCOCCOC)C(=O)NCCOCCOC. The first-order valence-electron chi connectivity index (χ1n) is 18.0. The summed E-state index contributed by atoms with van der Waals surface area (Å²) in [6, 6.07) is -2.10. The summed E-state index contributed by atoms with van der Waals surface area (Å²) >= 11 is 5.00. The first-order chi connectivity index (χ1) is 25.4. The molecule has 1 aliphatic rings. The predicted molar refractivity (Wildman–Crippen MR) is 199 cm³/mol. The zero-order valence-electron chi connectivity index (χ0n) is 31.7. The van der Waals surface area contributed by atoms with Gasteiger partial charge in [-0.15, -0.1) is 0 Å². The van der Waals surface area contributed by atoms with E-state index in [1.807, 2.05) is 0 Å². The standard InChI is InChI=1S/C33H62N5O13PS/c1-45-19-22-48-16-13-34-29(39)11-9-27(32(42)35-14-17-49-23-20-46-2)37-30(40)12-10-28(33(43)36-15-18-50-24-21-47-3)38-31(41)25-5-7-26(8-6-25)51-52(4,44)53/h25-28H,5-24H2,1-4H3,(H,34,39)(H,35,42)(H,36,43)(H,37,40)(H,38,41)(H,44,53).